The zero-order chi connectivity index (χ0) is 18.9. The average molecular weight is 439 g/mol. The summed E-state index contributed by atoms with van der Waals surface area (Å²) in [6.45, 7) is 0. The molecule has 1 aromatic heterocycles. The van der Waals surface area contributed by atoms with Crippen LogP contribution in [0.15, 0.2) is 10.5 Å². The van der Waals surface area contributed by atoms with Gasteiger partial charge in [0, 0.05) is 64.5 Å². The number of carbonyl (C=O) groups excluding carboxylic acids is 2. The van der Waals surface area contributed by atoms with E-state index in [1.54, 1.807) is 0 Å². The molecule has 2 heterocycles. The minimum Gasteiger partial charge on any atom is -0.480 e. The van der Waals surface area contributed by atoms with E-state index >= 15 is 0 Å². The predicted molar refractivity (Wildman–Crippen MR) is 93.3 cm³/mol. The number of amides is 2. The van der Waals surface area contributed by atoms with Crippen molar-refractivity contribution >= 4 is 109 Å². The van der Waals surface area contributed by atoms with E-state index in [-0.39, 0.29) is 74.2 Å². The largest absolute Gasteiger partial charge is 0.480 e. The van der Waals surface area contributed by atoms with Crippen molar-refractivity contribution in [2.75, 3.05) is 12.8 Å². The summed E-state index contributed by atoms with van der Waals surface area (Å²) in [5.74, 6) is -4.12. The number of oxime groups is 1. The van der Waals surface area contributed by atoms with Gasteiger partial charge in [0.05, 0.1) is 0 Å². The van der Waals surface area contributed by atoms with Gasteiger partial charge in [-0.2, -0.15) is 12.7 Å². The van der Waals surface area contributed by atoms with Crippen molar-refractivity contribution in [3.8, 4) is 0 Å². The van der Waals surface area contributed by atoms with Crippen molar-refractivity contribution in [2.45, 2.75) is 12.1 Å². The van der Waals surface area contributed by atoms with E-state index in [0.29, 0.717) is 0 Å². The molecule has 1 fully saturated rings. The van der Waals surface area contributed by atoms with Crippen LogP contribution in [0.2, 0.25) is 0 Å². The topological polar surface area (TPSA) is 202 Å². The third-order valence-corrected chi connectivity index (χ3v) is 4.58. The molecule has 0 unspecified atom stereocenters. The van der Waals surface area contributed by atoms with E-state index in [0.717, 1.165) is 18.4 Å². The molecule has 0 aliphatic carbocycles. The van der Waals surface area contributed by atoms with E-state index < -0.39 is 45.9 Å². The molecule has 17 heteroatoms. The number of β-lactam (4-membered cyclic amide) rings is 1. The van der Waals surface area contributed by atoms with E-state index in [1.807, 2.05) is 5.32 Å². The molecule has 2 amide bonds. The Bertz CT molecular complexity index is 873. The quantitative estimate of drug-likeness (QED) is 0.116. The summed E-state index contributed by atoms with van der Waals surface area (Å²) >= 11 is 0.993. The summed E-state index contributed by atoms with van der Waals surface area (Å²) in [5, 5.41) is 16.0. The number of nitrogens with zero attached hydrogens (tertiary/aromatic N) is 3. The van der Waals surface area contributed by atoms with Crippen LogP contribution in [0.3, 0.4) is 0 Å². The molecule has 1 saturated heterocycles. The molecule has 27 heavy (non-hydrogen) atoms. The standard InChI is InChI=1S/C10H11N5O8S2.2Na/c1-23-14-4(3-2-24-10(11)12-3)7(16)13-5-6(9(18)19)15(8(5)17)25(20,21)22;;/h2,5-6H,1H3,(H2,11,12)(H,13,16)(H,18,19)(H,20,21,22);;/t5-,6-;;/m0../s1. The third kappa shape index (κ3) is 5.61. The van der Waals surface area contributed by atoms with Crippen molar-refractivity contribution in [3.05, 3.63) is 11.1 Å². The van der Waals surface area contributed by atoms with E-state index in [9.17, 15) is 22.8 Å². The summed E-state index contributed by atoms with van der Waals surface area (Å²) in [7, 11) is -3.95. The number of thiazole rings is 1. The Hall–Kier alpha value is -0.780. The average Bonchev–Trinajstić information content (AvgIpc) is 2.91. The molecule has 0 aromatic carbocycles. The number of carbonyl (C=O) groups is 3. The monoisotopic (exact) mass is 439 g/mol. The maximum Gasteiger partial charge on any atom is 0.363 e. The fourth-order valence-corrected chi connectivity index (χ4v) is 3.39. The molecule has 2 atom stereocenters. The second-order valence-corrected chi connectivity index (χ2v) is 6.72. The molecule has 1 aromatic rings. The molecule has 1 aliphatic rings. The van der Waals surface area contributed by atoms with Crippen LogP contribution in [-0.4, -0.2) is 129 Å². The first-order valence-electron chi connectivity index (χ1n) is 6.24. The summed E-state index contributed by atoms with van der Waals surface area (Å²) in [5.41, 5.74) is 5.05. The maximum atomic E-state index is 12.2. The van der Waals surface area contributed by atoms with Crippen LogP contribution in [0, 0.1) is 0 Å². The molecule has 0 spiro atoms. The number of rotatable bonds is 6. The minimum absolute atomic E-state index is 0. The zero-order valence-corrected chi connectivity index (χ0v) is 19.9. The van der Waals surface area contributed by atoms with E-state index in [2.05, 4.69) is 15.0 Å². The van der Waals surface area contributed by atoms with Crippen LogP contribution in [0.25, 0.3) is 0 Å². The van der Waals surface area contributed by atoms with Crippen LogP contribution < -0.4 is 11.1 Å². The van der Waals surface area contributed by atoms with Gasteiger partial charge in [-0.3, -0.25) is 14.1 Å². The van der Waals surface area contributed by atoms with E-state index in [4.69, 9.17) is 15.4 Å². The third-order valence-electron chi connectivity index (χ3n) is 3.00. The molecule has 0 saturated carbocycles. The van der Waals surface area contributed by atoms with Gasteiger partial charge >= 0.3 is 16.3 Å². The Labute approximate surface area is 200 Å². The number of aliphatic carboxylic acids is 1. The molecule has 0 bridgehead atoms. The fourth-order valence-electron chi connectivity index (χ4n) is 2.01. The van der Waals surface area contributed by atoms with Gasteiger partial charge in [-0.15, -0.1) is 11.3 Å². The number of carboxylic acids is 1. The van der Waals surface area contributed by atoms with E-state index in [1.165, 1.54) is 5.38 Å². The number of hydrogen-bond donors (Lipinski definition) is 4. The Morgan fingerprint density at radius 2 is 2.04 bits per heavy atom. The van der Waals surface area contributed by atoms with Crippen LogP contribution in [0.4, 0.5) is 5.13 Å². The first kappa shape index (κ1) is 26.2. The SMILES string of the molecule is CON=C(C(=O)N[C@@H]1C(=O)N(S(=O)(=O)O)[C@@H]1C(=O)O)c1csc(N)n1.[Na].[Na]. The number of nitrogens with one attached hydrogen (secondary N) is 1. The van der Waals surface area contributed by atoms with Crippen LogP contribution in [0.1, 0.15) is 5.69 Å². The van der Waals surface area contributed by atoms with Gasteiger partial charge in [0.2, 0.25) is 0 Å². The molecule has 13 nitrogen and oxygen atoms in total. The minimum atomic E-state index is -5.09. The smallest absolute Gasteiger partial charge is 0.363 e. The van der Waals surface area contributed by atoms with Crippen molar-refractivity contribution in [2.24, 2.45) is 5.16 Å². The number of anilines is 1. The van der Waals surface area contributed by atoms with Crippen LogP contribution in [-0.2, 0) is 29.5 Å². The second-order valence-electron chi connectivity index (χ2n) is 4.54. The number of carboxylic acid groups (broad SMARTS) is 1. The van der Waals surface area contributed by atoms with Gasteiger partial charge in [-0.05, 0) is 0 Å². The van der Waals surface area contributed by atoms with Crippen molar-refractivity contribution in [3.63, 3.8) is 0 Å². The molecule has 2 radical (unpaired) electrons. The Morgan fingerprint density at radius 3 is 2.44 bits per heavy atom. The first-order chi connectivity index (χ1) is 11.6. The van der Waals surface area contributed by atoms with Gasteiger partial charge in [-0.1, -0.05) is 5.16 Å². The molecule has 5 N–H and O–H groups in total. The van der Waals surface area contributed by atoms with Crippen molar-refractivity contribution in [1.82, 2.24) is 14.6 Å². The number of nitrogens with two attached hydrogens (primary N) is 1. The van der Waals surface area contributed by atoms with Crippen LogP contribution >= 0.6 is 11.3 Å². The Balaban J connectivity index is 0.00000338. The number of nitrogen functional groups attached to an aromatic ring is 1. The van der Waals surface area contributed by atoms with Gasteiger partial charge in [0.1, 0.15) is 18.8 Å². The Morgan fingerprint density at radius 1 is 1.44 bits per heavy atom. The van der Waals surface area contributed by atoms with Gasteiger partial charge in [-0.25, -0.2) is 9.78 Å². The molecular formula is C10H11N5Na2O8S2. The fraction of sp³-hybridized carbons (Fsp3) is 0.300. The number of hydrogen-bond acceptors (Lipinski definition) is 10. The summed E-state index contributed by atoms with van der Waals surface area (Å²) < 4.78 is 30.7. The predicted octanol–water partition coefficient (Wildman–Crippen LogP) is -3.10. The van der Waals surface area contributed by atoms with Gasteiger partial charge < -0.3 is 21.0 Å². The van der Waals surface area contributed by atoms with Crippen molar-refractivity contribution < 1.29 is 37.3 Å². The maximum absolute atomic E-state index is 12.2. The van der Waals surface area contributed by atoms with Crippen molar-refractivity contribution in [1.29, 1.82) is 0 Å². The normalized spacial score (nSPS) is 19.3. The number of aromatic nitrogens is 1. The summed E-state index contributed by atoms with van der Waals surface area (Å²) in [6, 6.07) is -3.74. The second kappa shape index (κ2) is 10.1. The summed E-state index contributed by atoms with van der Waals surface area (Å²) in [4.78, 5) is 43.5. The molecular weight excluding hydrogens is 428 g/mol. The van der Waals surface area contributed by atoms with Gasteiger partial charge in [0.15, 0.2) is 16.9 Å². The van der Waals surface area contributed by atoms with Crippen LogP contribution in [0.5, 0.6) is 0 Å². The first-order valence-corrected chi connectivity index (χ1v) is 8.52. The van der Waals surface area contributed by atoms with Gasteiger partial charge in [0.25, 0.3) is 11.8 Å². The molecule has 2 rings (SSSR count). The summed E-state index contributed by atoms with van der Waals surface area (Å²) in [6.07, 6.45) is 0. The zero-order valence-electron chi connectivity index (χ0n) is 14.3. The molecule has 1 aliphatic heterocycles. The molecule has 138 valence electrons. The Kier molecular flexibility index (Phi) is 9.84.